The molecule has 1 aliphatic carbocycles. The zero-order chi connectivity index (χ0) is 12.0. The molecule has 5 heteroatoms. The minimum Gasteiger partial charge on any atom is -0.358 e. The van der Waals surface area contributed by atoms with E-state index in [1.165, 1.54) is 36.2 Å². The van der Waals surface area contributed by atoms with Gasteiger partial charge >= 0.3 is 0 Å². The van der Waals surface area contributed by atoms with Gasteiger partial charge in [0, 0.05) is 16.6 Å². The molecule has 0 fully saturated rings. The van der Waals surface area contributed by atoms with Crippen LogP contribution >= 0.6 is 0 Å². The van der Waals surface area contributed by atoms with E-state index in [1.807, 2.05) is 0 Å². The van der Waals surface area contributed by atoms with Crippen molar-refractivity contribution < 1.29 is 13.0 Å². The molecular weight excluding hydrogens is 238 g/mol. The fourth-order valence-electron chi connectivity index (χ4n) is 2.55. The highest BCUT2D eigenvalue weighted by Crippen LogP contribution is 2.30. The van der Waals surface area contributed by atoms with Crippen molar-refractivity contribution in [3.05, 3.63) is 29.5 Å². The molecule has 1 aromatic carbocycles. The van der Waals surface area contributed by atoms with Crippen molar-refractivity contribution in [3.8, 4) is 0 Å². The summed E-state index contributed by atoms with van der Waals surface area (Å²) in [5.74, 6) is 0. The zero-order valence-corrected chi connectivity index (χ0v) is 10.0. The van der Waals surface area contributed by atoms with Crippen LogP contribution in [0, 0.1) is 0 Å². The zero-order valence-electron chi connectivity index (χ0n) is 9.23. The van der Waals surface area contributed by atoms with E-state index in [1.54, 1.807) is 6.07 Å². The van der Waals surface area contributed by atoms with Crippen LogP contribution in [0.2, 0.25) is 0 Å². The number of H-pyrrole nitrogens is 1. The summed E-state index contributed by atoms with van der Waals surface area (Å²) in [6.07, 6.45) is 4.41. The summed E-state index contributed by atoms with van der Waals surface area (Å²) in [5, 5.41) is 1.08. The van der Waals surface area contributed by atoms with E-state index in [0.29, 0.717) is 0 Å². The van der Waals surface area contributed by atoms with Gasteiger partial charge in [0.15, 0.2) is 0 Å². The molecule has 0 amide bonds. The minimum atomic E-state index is -4.12. The number of aryl methyl sites for hydroxylation is 2. The summed E-state index contributed by atoms with van der Waals surface area (Å²) in [7, 11) is -4.12. The first-order valence-electron chi connectivity index (χ1n) is 5.67. The molecule has 2 aromatic rings. The predicted molar refractivity (Wildman–Crippen MR) is 64.8 cm³/mol. The van der Waals surface area contributed by atoms with Gasteiger partial charge in [0.1, 0.15) is 0 Å². The molecule has 0 saturated carbocycles. The fourth-order valence-corrected chi connectivity index (χ4v) is 3.06. The molecule has 1 aromatic heterocycles. The van der Waals surface area contributed by atoms with Gasteiger partial charge in [0.2, 0.25) is 0 Å². The maximum Gasteiger partial charge on any atom is 0.294 e. The average Bonchev–Trinajstić information content (AvgIpc) is 2.65. The fraction of sp³-hybridized carbons (Fsp3) is 0.333. The van der Waals surface area contributed by atoms with Crippen LogP contribution in [0.25, 0.3) is 10.9 Å². The maximum atomic E-state index is 11.1. The lowest BCUT2D eigenvalue weighted by atomic mass is 9.96. The molecule has 4 nitrogen and oxygen atoms in total. The topological polar surface area (TPSA) is 70.2 Å². The smallest absolute Gasteiger partial charge is 0.294 e. The summed E-state index contributed by atoms with van der Waals surface area (Å²) >= 11 is 0. The van der Waals surface area contributed by atoms with Gasteiger partial charge in [0.25, 0.3) is 10.1 Å². The van der Waals surface area contributed by atoms with Crippen molar-refractivity contribution in [3.63, 3.8) is 0 Å². The van der Waals surface area contributed by atoms with E-state index in [9.17, 15) is 8.42 Å². The molecule has 0 spiro atoms. The van der Waals surface area contributed by atoms with Crippen molar-refractivity contribution in [2.75, 3.05) is 0 Å². The molecule has 0 unspecified atom stereocenters. The highest BCUT2D eigenvalue weighted by atomic mass is 32.2. The minimum absolute atomic E-state index is 0.0522. The Kier molecular flexibility index (Phi) is 2.27. The monoisotopic (exact) mass is 251 g/mol. The number of benzene rings is 1. The van der Waals surface area contributed by atoms with Crippen molar-refractivity contribution >= 4 is 21.0 Å². The molecule has 3 rings (SSSR count). The van der Waals surface area contributed by atoms with Crippen molar-refractivity contribution in [1.82, 2.24) is 4.98 Å². The average molecular weight is 251 g/mol. The highest BCUT2D eigenvalue weighted by Gasteiger charge is 2.17. The Balaban J connectivity index is 2.25. The summed E-state index contributed by atoms with van der Waals surface area (Å²) in [5.41, 5.74) is 3.30. The van der Waals surface area contributed by atoms with Gasteiger partial charge < -0.3 is 4.98 Å². The Bertz CT molecular complexity index is 685. The second-order valence-corrected chi connectivity index (χ2v) is 5.89. The highest BCUT2D eigenvalue weighted by molar-refractivity contribution is 7.85. The van der Waals surface area contributed by atoms with Gasteiger partial charge in [-0.15, -0.1) is 0 Å². The van der Waals surface area contributed by atoms with Crippen molar-refractivity contribution in [2.24, 2.45) is 0 Å². The predicted octanol–water partition coefficient (Wildman–Crippen LogP) is 2.29. The number of aromatic nitrogens is 1. The SMILES string of the molecule is O=S(=O)(O)c1ccc2c3c([nH]c2c1)CCCC3. The standard InChI is InChI=1S/C12H13NO3S/c14-17(15,16)8-5-6-10-9-3-1-2-4-11(9)13-12(10)7-8/h5-7,13H,1-4H2,(H,14,15,16). The van der Waals surface area contributed by atoms with E-state index in [-0.39, 0.29) is 4.90 Å². The molecule has 0 saturated heterocycles. The van der Waals surface area contributed by atoms with Gasteiger partial charge in [-0.05, 0) is 43.4 Å². The largest absolute Gasteiger partial charge is 0.358 e. The van der Waals surface area contributed by atoms with E-state index in [0.717, 1.165) is 23.7 Å². The first kappa shape index (κ1) is 10.8. The number of rotatable bonds is 1. The van der Waals surface area contributed by atoms with Crippen LogP contribution in [-0.4, -0.2) is 18.0 Å². The first-order chi connectivity index (χ1) is 8.05. The molecule has 1 aliphatic rings. The summed E-state index contributed by atoms with van der Waals surface area (Å²) in [6.45, 7) is 0. The van der Waals surface area contributed by atoms with Crippen molar-refractivity contribution in [2.45, 2.75) is 30.6 Å². The van der Waals surface area contributed by atoms with Crippen LogP contribution < -0.4 is 0 Å². The molecule has 0 aliphatic heterocycles. The number of hydrogen-bond acceptors (Lipinski definition) is 2. The van der Waals surface area contributed by atoms with E-state index in [2.05, 4.69) is 4.98 Å². The van der Waals surface area contributed by atoms with Crippen LogP contribution in [-0.2, 0) is 23.0 Å². The summed E-state index contributed by atoms with van der Waals surface area (Å²) in [4.78, 5) is 3.20. The van der Waals surface area contributed by atoms with Gasteiger partial charge in [-0.1, -0.05) is 6.07 Å². The van der Waals surface area contributed by atoms with Gasteiger partial charge in [-0.3, -0.25) is 4.55 Å². The Labute approximate surface area is 99.4 Å². The van der Waals surface area contributed by atoms with E-state index < -0.39 is 10.1 Å². The van der Waals surface area contributed by atoms with Crippen LogP contribution in [0.1, 0.15) is 24.1 Å². The molecule has 0 bridgehead atoms. The lowest BCUT2D eigenvalue weighted by Gasteiger charge is -2.10. The van der Waals surface area contributed by atoms with Crippen LogP contribution in [0.3, 0.4) is 0 Å². The van der Waals surface area contributed by atoms with E-state index >= 15 is 0 Å². The molecular formula is C12H13NO3S. The maximum absolute atomic E-state index is 11.1. The van der Waals surface area contributed by atoms with Crippen LogP contribution in [0.4, 0.5) is 0 Å². The lowest BCUT2D eigenvalue weighted by molar-refractivity contribution is 0.483. The van der Waals surface area contributed by atoms with Gasteiger partial charge in [-0.2, -0.15) is 8.42 Å². The molecule has 0 radical (unpaired) electrons. The van der Waals surface area contributed by atoms with Gasteiger partial charge in [0.05, 0.1) is 4.90 Å². The van der Waals surface area contributed by atoms with E-state index in [4.69, 9.17) is 4.55 Å². The molecule has 0 atom stereocenters. The van der Waals surface area contributed by atoms with Crippen LogP contribution in [0.15, 0.2) is 23.1 Å². The van der Waals surface area contributed by atoms with Crippen LogP contribution in [0.5, 0.6) is 0 Å². The third-order valence-corrected chi connectivity index (χ3v) is 4.22. The second-order valence-electron chi connectivity index (χ2n) is 4.47. The second kappa shape index (κ2) is 3.58. The normalized spacial score (nSPS) is 16.1. The third-order valence-electron chi connectivity index (χ3n) is 3.37. The third kappa shape index (κ3) is 1.75. The molecule has 1 heterocycles. The molecule has 90 valence electrons. The molecule has 2 N–H and O–H groups in total. The number of nitrogens with one attached hydrogen (secondary N) is 1. The quantitative estimate of drug-likeness (QED) is 0.764. The first-order valence-corrected chi connectivity index (χ1v) is 7.11. The Morgan fingerprint density at radius 3 is 2.71 bits per heavy atom. The number of hydrogen-bond donors (Lipinski definition) is 2. The summed E-state index contributed by atoms with van der Waals surface area (Å²) < 4.78 is 31.1. The van der Waals surface area contributed by atoms with Gasteiger partial charge in [-0.25, -0.2) is 0 Å². The Hall–Kier alpha value is -1.33. The Morgan fingerprint density at radius 2 is 1.94 bits per heavy atom. The number of aromatic amines is 1. The lowest BCUT2D eigenvalue weighted by Crippen LogP contribution is -1.99. The molecule has 17 heavy (non-hydrogen) atoms. The Morgan fingerprint density at radius 1 is 1.18 bits per heavy atom. The van der Waals surface area contributed by atoms with Crippen molar-refractivity contribution in [1.29, 1.82) is 0 Å². The summed E-state index contributed by atoms with van der Waals surface area (Å²) in [6, 6.07) is 4.74. The number of fused-ring (bicyclic) bond motifs is 3.